The van der Waals surface area contributed by atoms with Gasteiger partial charge in [-0.05, 0) is 44.4 Å². The maximum atomic E-state index is 10.2. The van der Waals surface area contributed by atoms with E-state index in [9.17, 15) is 10.2 Å². The summed E-state index contributed by atoms with van der Waals surface area (Å²) in [6, 6.07) is 6.92. The molecule has 0 aliphatic carbocycles. The van der Waals surface area contributed by atoms with Crippen molar-refractivity contribution in [1.82, 2.24) is 5.32 Å². The van der Waals surface area contributed by atoms with Crippen LogP contribution in [0.2, 0.25) is 0 Å². The number of rotatable bonds is 2. The number of aliphatic hydroxyl groups excluding tert-OH is 1. The molecule has 5 nitrogen and oxygen atoms in total. The van der Waals surface area contributed by atoms with E-state index in [2.05, 4.69) is 19.2 Å². The molecule has 0 amide bonds. The number of aliphatic hydroxyl groups is 1. The first-order valence-corrected chi connectivity index (χ1v) is 6.65. The van der Waals surface area contributed by atoms with Crippen molar-refractivity contribution in [2.45, 2.75) is 51.3 Å². The van der Waals surface area contributed by atoms with Crippen molar-refractivity contribution in [1.29, 1.82) is 0 Å². The van der Waals surface area contributed by atoms with E-state index in [0.717, 1.165) is 25.3 Å². The van der Waals surface area contributed by atoms with E-state index in [1.54, 1.807) is 18.2 Å². The van der Waals surface area contributed by atoms with Gasteiger partial charge in [0.2, 0.25) is 0 Å². The number of aromatic hydroxyl groups is 1. The molecule has 2 atom stereocenters. The van der Waals surface area contributed by atoms with Gasteiger partial charge >= 0.3 is 0 Å². The smallest absolute Gasteiger partial charge is 0.300 e. The summed E-state index contributed by atoms with van der Waals surface area (Å²) in [5.41, 5.74) is 0.873. The average Bonchev–Trinajstić information content (AvgIpc) is 2.68. The molecule has 1 aliphatic heterocycles. The lowest BCUT2D eigenvalue weighted by molar-refractivity contribution is -0.134. The number of hydrogen-bond acceptors (Lipinski definition) is 4. The maximum Gasteiger partial charge on any atom is 0.300 e. The van der Waals surface area contributed by atoms with Gasteiger partial charge in [0, 0.05) is 18.5 Å². The summed E-state index contributed by atoms with van der Waals surface area (Å²) in [6.45, 7) is 5.37. The third kappa shape index (κ3) is 5.19. The number of nitrogens with one attached hydrogen (secondary N) is 1. The molecule has 5 heteroatoms. The van der Waals surface area contributed by atoms with Gasteiger partial charge in [-0.2, -0.15) is 0 Å². The zero-order valence-corrected chi connectivity index (χ0v) is 12.1. The van der Waals surface area contributed by atoms with Crippen LogP contribution >= 0.6 is 0 Å². The summed E-state index contributed by atoms with van der Waals surface area (Å²) in [6.07, 6.45) is 1.48. The molecular formula is C15H23NO4. The third-order valence-electron chi connectivity index (χ3n) is 3.25. The molecule has 1 heterocycles. The summed E-state index contributed by atoms with van der Waals surface area (Å²) in [7, 11) is 0. The van der Waals surface area contributed by atoms with E-state index in [-0.39, 0.29) is 17.3 Å². The molecule has 0 aromatic heterocycles. The Morgan fingerprint density at radius 2 is 2.05 bits per heavy atom. The summed E-state index contributed by atoms with van der Waals surface area (Å²) in [4.78, 5) is 9.00. The summed E-state index contributed by atoms with van der Waals surface area (Å²) in [5, 5.41) is 30.4. The van der Waals surface area contributed by atoms with E-state index >= 15 is 0 Å². The van der Waals surface area contributed by atoms with E-state index in [4.69, 9.17) is 9.90 Å². The lowest BCUT2D eigenvalue weighted by Crippen LogP contribution is -2.40. The van der Waals surface area contributed by atoms with Crippen LogP contribution in [-0.2, 0) is 4.79 Å². The zero-order chi connectivity index (χ0) is 15.3. The molecule has 1 fully saturated rings. The molecule has 0 unspecified atom stereocenters. The van der Waals surface area contributed by atoms with Gasteiger partial charge in [0.1, 0.15) is 5.75 Å². The zero-order valence-electron chi connectivity index (χ0n) is 12.1. The normalized spacial score (nSPS) is 21.7. The van der Waals surface area contributed by atoms with Crippen molar-refractivity contribution in [3.05, 3.63) is 29.8 Å². The van der Waals surface area contributed by atoms with Crippen molar-refractivity contribution in [2.24, 2.45) is 0 Å². The van der Waals surface area contributed by atoms with Gasteiger partial charge in [-0.25, -0.2) is 0 Å². The number of phenols is 1. The largest absolute Gasteiger partial charge is 0.508 e. The molecule has 1 aromatic rings. The van der Waals surface area contributed by atoms with Crippen LogP contribution in [0.25, 0.3) is 0 Å². The number of aliphatic carboxylic acids is 1. The highest BCUT2D eigenvalue weighted by molar-refractivity contribution is 5.62. The van der Waals surface area contributed by atoms with E-state index < -0.39 is 12.1 Å². The molecule has 2 rings (SSSR count). The molecule has 1 aliphatic rings. The van der Waals surface area contributed by atoms with Crippen LogP contribution < -0.4 is 5.32 Å². The highest BCUT2D eigenvalue weighted by Crippen LogP contribution is 2.31. The van der Waals surface area contributed by atoms with Gasteiger partial charge in [-0.15, -0.1) is 0 Å². The topological polar surface area (TPSA) is 89.8 Å². The Morgan fingerprint density at radius 1 is 1.45 bits per heavy atom. The molecule has 0 bridgehead atoms. The van der Waals surface area contributed by atoms with Crippen molar-refractivity contribution >= 4 is 5.97 Å². The van der Waals surface area contributed by atoms with Crippen LogP contribution in [0.4, 0.5) is 0 Å². The lowest BCUT2D eigenvalue weighted by Gasteiger charge is -2.24. The maximum absolute atomic E-state index is 10.2. The number of carboxylic acid groups (broad SMARTS) is 1. The number of carbonyl (C=O) groups is 1. The highest BCUT2D eigenvalue weighted by Gasteiger charge is 2.34. The van der Waals surface area contributed by atoms with Gasteiger partial charge < -0.3 is 20.6 Å². The van der Waals surface area contributed by atoms with Crippen LogP contribution in [0, 0.1) is 0 Å². The minimum absolute atomic E-state index is 0.0804. The van der Waals surface area contributed by atoms with Crippen molar-refractivity contribution in [3.8, 4) is 5.75 Å². The number of phenolic OH excluding ortho intramolecular Hbond substituents is 1. The molecule has 4 N–H and O–H groups in total. The second-order valence-electron chi connectivity index (χ2n) is 5.73. The minimum atomic E-state index is -0.833. The first kappa shape index (κ1) is 16.5. The number of hydrogen-bond donors (Lipinski definition) is 4. The van der Waals surface area contributed by atoms with Crippen LogP contribution in [0.3, 0.4) is 0 Å². The molecule has 20 heavy (non-hydrogen) atoms. The molecule has 0 saturated carbocycles. The Labute approximate surface area is 119 Å². The SMILES string of the molecule is CC(=O)O.CC1(C)CC[C@H]([C@H](O)c2cccc(O)c2)N1. The quantitative estimate of drug-likeness (QED) is 0.666. The first-order chi connectivity index (χ1) is 9.21. The summed E-state index contributed by atoms with van der Waals surface area (Å²) >= 11 is 0. The predicted octanol–water partition coefficient (Wildman–Crippen LogP) is 2.05. The van der Waals surface area contributed by atoms with Crippen molar-refractivity contribution in [2.75, 3.05) is 0 Å². The molecule has 1 saturated heterocycles. The summed E-state index contributed by atoms with van der Waals surface area (Å²) in [5.74, 6) is -0.631. The molecule has 1 aromatic carbocycles. The number of carboxylic acids is 1. The van der Waals surface area contributed by atoms with Gasteiger partial charge in [-0.3, -0.25) is 4.79 Å². The monoisotopic (exact) mass is 281 g/mol. The van der Waals surface area contributed by atoms with Gasteiger partial charge in [0.25, 0.3) is 5.97 Å². The van der Waals surface area contributed by atoms with Gasteiger partial charge in [0.15, 0.2) is 0 Å². The van der Waals surface area contributed by atoms with Crippen LogP contribution in [0.5, 0.6) is 5.75 Å². The third-order valence-corrected chi connectivity index (χ3v) is 3.25. The standard InChI is InChI=1S/C13H19NO2.C2H4O2/c1-13(2)7-6-11(14-13)12(16)9-4-3-5-10(15)8-9;1-2(3)4/h3-5,8,11-12,14-16H,6-7H2,1-2H3;1H3,(H,3,4)/t11-,12-;/m1./s1. The van der Waals surface area contributed by atoms with Crippen molar-refractivity contribution < 1.29 is 20.1 Å². The fourth-order valence-corrected chi connectivity index (χ4v) is 2.34. The Balaban J connectivity index is 0.000000444. The second-order valence-corrected chi connectivity index (χ2v) is 5.73. The first-order valence-electron chi connectivity index (χ1n) is 6.65. The van der Waals surface area contributed by atoms with E-state index in [1.165, 1.54) is 0 Å². The van der Waals surface area contributed by atoms with Crippen LogP contribution in [-0.4, -0.2) is 32.9 Å². The molecule has 112 valence electrons. The van der Waals surface area contributed by atoms with E-state index in [1.807, 2.05) is 6.07 Å². The highest BCUT2D eigenvalue weighted by atomic mass is 16.4. The number of benzene rings is 1. The summed E-state index contributed by atoms with van der Waals surface area (Å²) < 4.78 is 0. The minimum Gasteiger partial charge on any atom is -0.508 e. The average molecular weight is 281 g/mol. The molecule has 0 radical (unpaired) electrons. The van der Waals surface area contributed by atoms with Crippen molar-refractivity contribution in [3.63, 3.8) is 0 Å². The van der Waals surface area contributed by atoms with E-state index in [0.29, 0.717) is 0 Å². The fraction of sp³-hybridized carbons (Fsp3) is 0.533. The Morgan fingerprint density at radius 3 is 2.50 bits per heavy atom. The van der Waals surface area contributed by atoms with Crippen LogP contribution in [0.15, 0.2) is 24.3 Å². The molecule has 0 spiro atoms. The van der Waals surface area contributed by atoms with Crippen LogP contribution in [0.1, 0.15) is 45.3 Å². The second kappa shape index (κ2) is 6.72. The lowest BCUT2D eigenvalue weighted by atomic mass is 10.00. The fourth-order valence-electron chi connectivity index (χ4n) is 2.34. The Bertz CT molecular complexity index is 455. The Hall–Kier alpha value is -1.59. The van der Waals surface area contributed by atoms with Gasteiger partial charge in [0.05, 0.1) is 6.10 Å². The molecular weight excluding hydrogens is 258 g/mol. The predicted molar refractivity (Wildman–Crippen MR) is 76.6 cm³/mol. The van der Waals surface area contributed by atoms with Gasteiger partial charge in [-0.1, -0.05) is 12.1 Å². The Kier molecular flexibility index (Phi) is 5.53.